The Bertz CT molecular complexity index is 1930. The van der Waals surface area contributed by atoms with Gasteiger partial charge >= 0.3 is 12.1 Å². The third-order valence-corrected chi connectivity index (χ3v) is 8.63. The number of amides is 3. The molecule has 0 aliphatic heterocycles. The summed E-state index contributed by atoms with van der Waals surface area (Å²) in [5, 5.41) is 21.2. The summed E-state index contributed by atoms with van der Waals surface area (Å²) >= 11 is 0. The van der Waals surface area contributed by atoms with Gasteiger partial charge in [0, 0.05) is 19.0 Å². The number of imidazole rings is 1. The molecule has 2 unspecified atom stereocenters. The van der Waals surface area contributed by atoms with Crippen molar-refractivity contribution < 1.29 is 33.8 Å². The van der Waals surface area contributed by atoms with E-state index >= 15 is 0 Å². The minimum atomic E-state index is -1.67. The summed E-state index contributed by atoms with van der Waals surface area (Å²) < 4.78 is 10.8. The smallest absolute Gasteiger partial charge is 0.408 e. The number of nitrogens with one attached hydrogen (secondary N) is 4. The Kier molecular flexibility index (Phi) is 13.7. The van der Waals surface area contributed by atoms with Gasteiger partial charge in [0.05, 0.1) is 18.1 Å². The van der Waals surface area contributed by atoms with Gasteiger partial charge in [-0.05, 0) is 39.8 Å². The van der Waals surface area contributed by atoms with Gasteiger partial charge in [-0.2, -0.15) is 0 Å². The van der Waals surface area contributed by atoms with E-state index in [4.69, 9.17) is 9.47 Å². The number of aromatic amines is 1. The predicted molar refractivity (Wildman–Crippen MR) is 199 cm³/mol. The number of carbonyl (C=O) groups is 4. The summed E-state index contributed by atoms with van der Waals surface area (Å²) in [4.78, 5) is 61.3. The van der Waals surface area contributed by atoms with Gasteiger partial charge < -0.3 is 35.5 Å². The fourth-order valence-corrected chi connectivity index (χ4v) is 5.94. The first kappa shape index (κ1) is 38.2. The van der Waals surface area contributed by atoms with Crippen LogP contribution in [-0.4, -0.2) is 63.2 Å². The van der Waals surface area contributed by atoms with Crippen LogP contribution in [0.5, 0.6) is 0 Å². The van der Waals surface area contributed by atoms with Crippen LogP contribution in [0.2, 0.25) is 0 Å². The molecule has 5 rings (SSSR count). The highest BCUT2D eigenvalue weighted by Gasteiger charge is 2.34. The number of aliphatic hydroxyl groups excluding tert-OH is 1. The first-order valence-corrected chi connectivity index (χ1v) is 17.6. The van der Waals surface area contributed by atoms with E-state index in [2.05, 4.69) is 25.9 Å². The van der Waals surface area contributed by atoms with Crippen molar-refractivity contribution in [3.63, 3.8) is 0 Å². The topological polar surface area (TPSA) is 172 Å². The normalized spacial score (nSPS) is 13.4. The van der Waals surface area contributed by atoms with E-state index in [9.17, 15) is 24.3 Å². The van der Waals surface area contributed by atoms with E-state index in [0.29, 0.717) is 5.69 Å². The molecule has 53 heavy (non-hydrogen) atoms. The fraction of sp³-hybridized carbons (Fsp3) is 0.293. The van der Waals surface area contributed by atoms with Crippen LogP contribution in [0.1, 0.15) is 42.7 Å². The highest BCUT2D eigenvalue weighted by Crippen LogP contribution is 2.20. The van der Waals surface area contributed by atoms with E-state index in [0.717, 1.165) is 27.5 Å². The summed E-state index contributed by atoms with van der Waals surface area (Å²) in [7, 11) is 0. The lowest BCUT2D eigenvalue weighted by molar-refractivity contribution is -0.157. The maximum Gasteiger partial charge on any atom is 0.408 e. The second-order valence-corrected chi connectivity index (χ2v) is 13.2. The van der Waals surface area contributed by atoms with Gasteiger partial charge in [-0.3, -0.25) is 9.59 Å². The second kappa shape index (κ2) is 19.0. The lowest BCUT2D eigenvalue weighted by atomic mass is 9.97. The van der Waals surface area contributed by atoms with Gasteiger partial charge in [0.2, 0.25) is 11.8 Å². The minimum Gasteiger partial charge on any atom is -0.459 e. The van der Waals surface area contributed by atoms with Crippen molar-refractivity contribution in [3.8, 4) is 0 Å². The first-order valence-electron chi connectivity index (χ1n) is 17.6. The van der Waals surface area contributed by atoms with Crippen molar-refractivity contribution in [2.75, 3.05) is 0 Å². The zero-order valence-electron chi connectivity index (χ0n) is 29.7. The highest BCUT2D eigenvalue weighted by molar-refractivity contribution is 5.93. The maximum absolute atomic E-state index is 14.1. The summed E-state index contributed by atoms with van der Waals surface area (Å²) in [6.07, 6.45) is 0.877. The van der Waals surface area contributed by atoms with Crippen LogP contribution < -0.4 is 16.0 Å². The van der Waals surface area contributed by atoms with Gasteiger partial charge in [0.1, 0.15) is 25.3 Å². The molecule has 12 nitrogen and oxygen atoms in total. The molecule has 0 radical (unpaired) electrons. The number of rotatable bonds is 17. The number of aromatic nitrogens is 2. The van der Waals surface area contributed by atoms with Crippen molar-refractivity contribution in [3.05, 3.63) is 138 Å². The minimum absolute atomic E-state index is 0.00712. The number of carbonyl (C=O) groups excluding carboxylic acids is 4. The summed E-state index contributed by atoms with van der Waals surface area (Å²) in [6.45, 7) is 3.73. The van der Waals surface area contributed by atoms with Crippen molar-refractivity contribution in [1.29, 1.82) is 0 Å². The average Bonchev–Trinajstić information content (AvgIpc) is 3.69. The highest BCUT2D eigenvalue weighted by atomic mass is 16.6. The quantitative estimate of drug-likeness (QED) is 0.0857. The Morgan fingerprint density at radius 1 is 0.717 bits per heavy atom. The Labute approximate surface area is 308 Å². The van der Waals surface area contributed by atoms with Crippen LogP contribution in [-0.2, 0) is 49.9 Å². The first-order chi connectivity index (χ1) is 25.7. The predicted octanol–water partition coefficient (Wildman–Crippen LogP) is 4.76. The van der Waals surface area contributed by atoms with Crippen molar-refractivity contribution in [2.24, 2.45) is 5.92 Å². The molecule has 0 bridgehead atoms. The number of esters is 1. The van der Waals surface area contributed by atoms with Crippen LogP contribution in [0.25, 0.3) is 10.8 Å². The van der Waals surface area contributed by atoms with Crippen LogP contribution >= 0.6 is 0 Å². The molecule has 5 aromatic rings. The van der Waals surface area contributed by atoms with Gasteiger partial charge in [-0.1, -0.05) is 117 Å². The maximum atomic E-state index is 14.1. The number of hydrogen-bond donors (Lipinski definition) is 5. The Morgan fingerprint density at radius 2 is 1.32 bits per heavy atom. The molecule has 5 N–H and O–H groups in total. The Hall–Kier alpha value is -6.01. The third-order valence-electron chi connectivity index (χ3n) is 8.63. The molecule has 0 spiro atoms. The second-order valence-electron chi connectivity index (χ2n) is 13.2. The number of nitrogens with zero attached hydrogens (tertiary/aromatic N) is 1. The molecular formula is C41H45N5O7. The number of fused-ring (bicyclic) bond motifs is 1. The molecule has 0 saturated heterocycles. The van der Waals surface area contributed by atoms with Crippen LogP contribution in [0.4, 0.5) is 4.79 Å². The standard InChI is InChI=1S/C41H45N5O7/c1-27(2)20-34(37(47)40(50)52-24-28-12-5-3-6-13-28)44-39(49)36(22-32-23-42-26-43-32)45-38(48)35(46-41(51)53-25-29-14-7-4-8-15-29)21-31-18-11-17-30-16-9-10-19-33(30)31/h3-19,23,26-27,34-37,47H,20-22,24-25H2,1-2H3,(H,42,43)(H,44,49)(H,45,48)(H,46,51)/t34?,35-,36-,37?/m0/s1. The molecule has 4 aromatic carbocycles. The molecule has 3 amide bonds. The van der Waals surface area contributed by atoms with E-state index < -0.39 is 48.1 Å². The van der Waals surface area contributed by atoms with E-state index in [1.54, 1.807) is 18.3 Å². The van der Waals surface area contributed by atoms with Crippen LogP contribution in [0.15, 0.2) is 116 Å². The molecular weight excluding hydrogens is 674 g/mol. The molecule has 0 aliphatic carbocycles. The average molecular weight is 720 g/mol. The molecule has 1 aromatic heterocycles. The fourth-order valence-electron chi connectivity index (χ4n) is 5.94. The van der Waals surface area contributed by atoms with E-state index in [1.165, 1.54) is 6.33 Å². The van der Waals surface area contributed by atoms with E-state index in [1.807, 2.05) is 105 Å². The largest absolute Gasteiger partial charge is 0.459 e. The van der Waals surface area contributed by atoms with Gasteiger partial charge in [0.25, 0.3) is 0 Å². The summed E-state index contributed by atoms with van der Waals surface area (Å²) in [5.41, 5.74) is 2.80. The number of ether oxygens (including phenoxy) is 2. The van der Waals surface area contributed by atoms with Crippen molar-refractivity contribution >= 4 is 34.6 Å². The number of benzene rings is 4. The number of aliphatic hydroxyl groups is 1. The molecule has 4 atom stereocenters. The van der Waals surface area contributed by atoms with Gasteiger partial charge in [-0.25, -0.2) is 14.6 Å². The zero-order valence-corrected chi connectivity index (χ0v) is 29.7. The Morgan fingerprint density at radius 3 is 1.98 bits per heavy atom. The van der Waals surface area contributed by atoms with Crippen LogP contribution in [0, 0.1) is 5.92 Å². The number of alkyl carbamates (subject to hydrolysis) is 1. The summed E-state index contributed by atoms with van der Waals surface area (Å²) in [6, 6.07) is 28.2. The lowest BCUT2D eigenvalue weighted by Crippen LogP contribution is -2.58. The molecule has 0 aliphatic rings. The molecule has 0 fully saturated rings. The molecule has 0 saturated carbocycles. The molecule has 1 heterocycles. The molecule has 12 heteroatoms. The van der Waals surface area contributed by atoms with Crippen molar-refractivity contribution in [2.45, 2.75) is 70.6 Å². The van der Waals surface area contributed by atoms with E-state index in [-0.39, 0.29) is 38.4 Å². The molecule has 276 valence electrons. The van der Waals surface area contributed by atoms with Gasteiger partial charge in [-0.15, -0.1) is 0 Å². The van der Waals surface area contributed by atoms with Crippen LogP contribution in [0.3, 0.4) is 0 Å². The SMILES string of the molecule is CC(C)CC(NC(=O)[C@H](Cc1c[nH]cn1)NC(=O)[C@H](Cc1cccc2ccccc12)NC(=O)OCc1ccccc1)C(O)C(=O)OCc1ccccc1. The zero-order chi connectivity index (χ0) is 37.6. The third kappa shape index (κ3) is 11.5. The monoisotopic (exact) mass is 719 g/mol. The summed E-state index contributed by atoms with van der Waals surface area (Å²) in [5.74, 6) is -2.21. The lowest BCUT2D eigenvalue weighted by Gasteiger charge is -2.28. The van der Waals surface area contributed by atoms with Crippen molar-refractivity contribution in [1.82, 2.24) is 25.9 Å². The number of H-pyrrole nitrogens is 1. The Balaban J connectivity index is 1.35. The van der Waals surface area contributed by atoms with Gasteiger partial charge in [0.15, 0.2) is 6.10 Å². The number of hydrogen-bond acceptors (Lipinski definition) is 8.